The minimum atomic E-state index is -0.792. The summed E-state index contributed by atoms with van der Waals surface area (Å²) in [6.45, 7) is 2.31. The van der Waals surface area contributed by atoms with Crippen LogP contribution in [0.5, 0.6) is 11.5 Å². The van der Waals surface area contributed by atoms with Crippen molar-refractivity contribution in [3.63, 3.8) is 0 Å². The number of allylic oxidation sites excluding steroid dienone is 1. The number of cyclic esters (lactones) is 1. The number of hydrogen-bond acceptors (Lipinski definition) is 7. The van der Waals surface area contributed by atoms with Crippen LogP contribution in [-0.4, -0.2) is 33.5 Å². The predicted molar refractivity (Wildman–Crippen MR) is 149 cm³/mol. The first-order valence-electron chi connectivity index (χ1n) is 14.0. The summed E-state index contributed by atoms with van der Waals surface area (Å²) in [5.74, 6) is -2.05. The van der Waals surface area contributed by atoms with Crippen LogP contribution >= 0.6 is 0 Å². The summed E-state index contributed by atoms with van der Waals surface area (Å²) in [5.41, 5.74) is 2.73. The maximum atomic E-state index is 13.7. The van der Waals surface area contributed by atoms with E-state index in [1.54, 1.807) is 29.7 Å². The number of aromatic nitrogens is 1. The Kier molecular flexibility index (Phi) is 6.78. The van der Waals surface area contributed by atoms with Gasteiger partial charge in [-0.1, -0.05) is 30.4 Å². The Bertz CT molecular complexity index is 1650. The van der Waals surface area contributed by atoms with Gasteiger partial charge in [-0.25, -0.2) is 4.79 Å². The van der Waals surface area contributed by atoms with Crippen molar-refractivity contribution in [3.05, 3.63) is 74.6 Å². The highest BCUT2D eigenvalue weighted by Gasteiger charge is 2.37. The van der Waals surface area contributed by atoms with Gasteiger partial charge in [0.2, 0.25) is 0 Å². The molecule has 0 aliphatic carbocycles. The molecule has 0 radical (unpaired) electrons. The summed E-state index contributed by atoms with van der Waals surface area (Å²) in [5, 5.41) is 12.5. The molecule has 0 spiro atoms. The minimum Gasteiger partial charge on any atom is -0.507 e. The molecule has 0 saturated carbocycles. The van der Waals surface area contributed by atoms with E-state index < -0.39 is 24.0 Å². The Balaban J connectivity index is 1.50. The first kappa shape index (κ1) is 26.0. The number of nitrogens with zero attached hydrogens (tertiary/aromatic N) is 1. The SMILES string of the molecule is C[C@H]1CCCC(=O)CCC/C=C/c2cc3c(c(O)c2C(=O)O1)C(c1cc2cccc4c2n(c1=O)CC4)CC(=O)O3. The molecular weight excluding hydrogens is 510 g/mol. The Hall–Kier alpha value is -4.20. The third-order valence-electron chi connectivity index (χ3n) is 8.18. The summed E-state index contributed by atoms with van der Waals surface area (Å²) in [6, 6.07) is 9.25. The zero-order chi connectivity index (χ0) is 28.0. The smallest absolute Gasteiger partial charge is 0.342 e. The van der Waals surface area contributed by atoms with Gasteiger partial charge in [-0.3, -0.25) is 14.4 Å². The molecule has 40 heavy (non-hydrogen) atoms. The average Bonchev–Trinajstić information content (AvgIpc) is 3.35. The lowest BCUT2D eigenvalue weighted by Gasteiger charge is -2.27. The molecule has 6 rings (SSSR count). The quantitative estimate of drug-likeness (QED) is 0.333. The number of phenols is 1. The maximum Gasteiger partial charge on any atom is 0.342 e. The lowest BCUT2D eigenvalue weighted by atomic mass is 9.83. The van der Waals surface area contributed by atoms with Crippen molar-refractivity contribution in [2.75, 3.05) is 0 Å². The summed E-state index contributed by atoms with van der Waals surface area (Å²) >= 11 is 0. The second kappa shape index (κ2) is 10.4. The van der Waals surface area contributed by atoms with Gasteiger partial charge in [0.25, 0.3) is 5.56 Å². The number of carbonyl (C=O) groups excluding carboxylic acids is 3. The van der Waals surface area contributed by atoms with Crippen molar-refractivity contribution in [3.8, 4) is 11.5 Å². The van der Waals surface area contributed by atoms with Crippen molar-refractivity contribution in [2.45, 2.75) is 76.9 Å². The molecule has 3 aromatic rings. The van der Waals surface area contributed by atoms with E-state index in [2.05, 4.69) is 0 Å². The molecule has 206 valence electrons. The summed E-state index contributed by atoms with van der Waals surface area (Å²) in [4.78, 5) is 52.1. The molecule has 0 amide bonds. The number of Topliss-reactive ketones (excluding diaryl/α,β-unsaturated/α-hetero) is 1. The van der Waals surface area contributed by atoms with Crippen molar-refractivity contribution in [1.82, 2.24) is 4.57 Å². The predicted octanol–water partition coefficient (Wildman–Crippen LogP) is 5.19. The molecule has 0 saturated heterocycles. The number of aryl methyl sites for hydroxylation is 2. The van der Waals surface area contributed by atoms with Crippen LogP contribution in [0.15, 0.2) is 41.2 Å². The van der Waals surface area contributed by atoms with Crippen molar-refractivity contribution in [2.24, 2.45) is 0 Å². The van der Waals surface area contributed by atoms with Crippen LogP contribution in [-0.2, 0) is 27.3 Å². The molecular formula is C32H31NO7. The van der Waals surface area contributed by atoms with Gasteiger partial charge < -0.3 is 19.1 Å². The Morgan fingerprint density at radius 2 is 1.85 bits per heavy atom. The van der Waals surface area contributed by atoms with E-state index >= 15 is 0 Å². The molecule has 2 aromatic carbocycles. The number of rotatable bonds is 1. The van der Waals surface area contributed by atoms with Crippen molar-refractivity contribution >= 4 is 34.7 Å². The van der Waals surface area contributed by atoms with Gasteiger partial charge in [-0.05, 0) is 67.7 Å². The second-order valence-corrected chi connectivity index (χ2v) is 10.9. The normalized spacial score (nSPS) is 22.2. The van der Waals surface area contributed by atoms with Crippen LogP contribution in [0.1, 0.15) is 90.4 Å². The van der Waals surface area contributed by atoms with Crippen LogP contribution in [0, 0.1) is 0 Å². The van der Waals surface area contributed by atoms with Crippen LogP contribution in [0.25, 0.3) is 17.0 Å². The number of fused-ring (bicyclic) bond motifs is 2. The highest BCUT2D eigenvalue weighted by molar-refractivity contribution is 5.99. The zero-order valence-corrected chi connectivity index (χ0v) is 22.4. The van der Waals surface area contributed by atoms with Gasteiger partial charge >= 0.3 is 11.9 Å². The fourth-order valence-corrected chi connectivity index (χ4v) is 6.23. The number of phenolic OH excluding ortho intramolecular Hbond substituents is 1. The monoisotopic (exact) mass is 541 g/mol. The number of pyridine rings is 1. The number of esters is 2. The number of ketones is 1. The lowest BCUT2D eigenvalue weighted by molar-refractivity contribution is -0.135. The first-order chi connectivity index (χ1) is 19.3. The number of benzene rings is 2. The second-order valence-electron chi connectivity index (χ2n) is 10.9. The molecule has 3 aliphatic rings. The van der Waals surface area contributed by atoms with Crippen LogP contribution in [0.4, 0.5) is 0 Å². The number of aromatic hydroxyl groups is 1. The standard InChI is InChI=1S/C32H31NO7/c1-18-7-5-12-22(34)11-4-2-3-8-20-16-25-28(30(36)27(20)32(38)39-18)23(17-26(35)40-25)24-15-21-10-6-9-19-13-14-33(29(19)21)31(24)37/h3,6,8-10,15-16,18,23,36H,2,4-5,7,11-14,17H2,1H3/b8-3+/t18-,23?/m0/s1. The molecule has 1 N–H and O–H groups in total. The summed E-state index contributed by atoms with van der Waals surface area (Å²) in [7, 11) is 0. The topological polar surface area (TPSA) is 112 Å². The Morgan fingerprint density at radius 3 is 2.70 bits per heavy atom. The lowest BCUT2D eigenvalue weighted by Crippen LogP contribution is -2.29. The summed E-state index contributed by atoms with van der Waals surface area (Å²) in [6.07, 6.45) is 6.99. The largest absolute Gasteiger partial charge is 0.507 e. The van der Waals surface area contributed by atoms with Gasteiger partial charge in [0.15, 0.2) is 0 Å². The van der Waals surface area contributed by atoms with E-state index in [9.17, 15) is 24.3 Å². The molecule has 0 bridgehead atoms. The first-order valence-corrected chi connectivity index (χ1v) is 14.0. The van der Waals surface area contributed by atoms with E-state index in [0.717, 1.165) is 22.9 Å². The van der Waals surface area contributed by atoms with Gasteiger partial charge in [0, 0.05) is 36.4 Å². The molecule has 1 unspecified atom stereocenters. The molecule has 1 aromatic heterocycles. The van der Waals surface area contributed by atoms with E-state index in [4.69, 9.17) is 9.47 Å². The van der Waals surface area contributed by atoms with Gasteiger partial charge in [0.05, 0.1) is 18.0 Å². The molecule has 8 heteroatoms. The molecule has 3 aliphatic heterocycles. The van der Waals surface area contributed by atoms with Crippen LogP contribution in [0.3, 0.4) is 0 Å². The Labute approximate surface area is 231 Å². The molecule has 8 nitrogen and oxygen atoms in total. The maximum absolute atomic E-state index is 13.7. The highest BCUT2D eigenvalue weighted by atomic mass is 16.5. The minimum absolute atomic E-state index is 0.0225. The van der Waals surface area contributed by atoms with Crippen LogP contribution in [0.2, 0.25) is 0 Å². The van der Waals surface area contributed by atoms with Crippen molar-refractivity contribution in [1.29, 1.82) is 0 Å². The van der Waals surface area contributed by atoms with E-state index in [1.807, 2.05) is 24.3 Å². The van der Waals surface area contributed by atoms with E-state index in [1.165, 1.54) is 0 Å². The number of ether oxygens (including phenoxy) is 2. The van der Waals surface area contributed by atoms with Crippen molar-refractivity contribution < 1.29 is 29.0 Å². The molecule has 4 heterocycles. The average molecular weight is 542 g/mol. The Morgan fingerprint density at radius 1 is 1.02 bits per heavy atom. The van der Waals surface area contributed by atoms with Gasteiger partial charge in [-0.15, -0.1) is 0 Å². The third kappa shape index (κ3) is 4.61. The van der Waals surface area contributed by atoms with Crippen LogP contribution < -0.4 is 10.3 Å². The number of hydrogen-bond donors (Lipinski definition) is 1. The molecule has 2 atom stereocenters. The number of para-hydroxylation sites is 1. The van der Waals surface area contributed by atoms with E-state index in [0.29, 0.717) is 56.2 Å². The fraction of sp³-hybridized carbons (Fsp3) is 0.375. The van der Waals surface area contributed by atoms with Gasteiger partial charge in [0.1, 0.15) is 22.8 Å². The van der Waals surface area contributed by atoms with Gasteiger partial charge in [-0.2, -0.15) is 0 Å². The number of carbonyl (C=O) groups is 3. The zero-order valence-electron chi connectivity index (χ0n) is 22.4. The molecule has 0 fully saturated rings. The van der Waals surface area contributed by atoms with E-state index in [-0.39, 0.29) is 40.4 Å². The summed E-state index contributed by atoms with van der Waals surface area (Å²) < 4.78 is 13.0. The third-order valence-corrected chi connectivity index (χ3v) is 8.18. The fourth-order valence-electron chi connectivity index (χ4n) is 6.23. The highest BCUT2D eigenvalue weighted by Crippen LogP contribution is 2.47.